The van der Waals surface area contributed by atoms with Crippen LogP contribution < -0.4 is 0 Å². The van der Waals surface area contributed by atoms with Gasteiger partial charge in [-0.2, -0.15) is 0 Å². The maximum absolute atomic E-state index is 12.4. The van der Waals surface area contributed by atoms with Crippen molar-refractivity contribution in [3.63, 3.8) is 0 Å². The largest absolute Gasteiger partial charge is 0.481 e. The number of Topliss-reactive ketones (excluding diaryl/α,β-unsaturated/α-hetero) is 3. The molecule has 0 bridgehead atoms. The summed E-state index contributed by atoms with van der Waals surface area (Å²) in [7, 11) is 10.4. The normalized spacial score (nSPS) is 16.7. The van der Waals surface area contributed by atoms with Gasteiger partial charge in [0.15, 0.2) is 8.53 Å². The highest BCUT2D eigenvalue weighted by Crippen LogP contribution is 2.84. The molecular weight excluding hydrogens is 665 g/mol. The maximum Gasteiger partial charge on any atom is 0.306 e. The number of carbonyl (C=O) groups is 5. The molecule has 0 saturated carbocycles. The van der Waals surface area contributed by atoms with Gasteiger partial charge in [0.2, 0.25) is 0 Å². The molecule has 1 atom stereocenters. The minimum absolute atomic E-state index is 0.0338. The van der Waals surface area contributed by atoms with E-state index >= 15 is 0 Å². The highest BCUT2D eigenvalue weighted by Gasteiger charge is 2.53. The maximum atomic E-state index is 12.4. The van der Waals surface area contributed by atoms with Crippen LogP contribution in [0.25, 0.3) is 0 Å². The minimum atomic E-state index is -0.914. The molecule has 0 amide bonds. The number of aliphatic carboxylic acids is 2. The highest BCUT2D eigenvalue weighted by atomic mass is 33.2. The van der Waals surface area contributed by atoms with E-state index in [1.165, 1.54) is 38.5 Å². The molecule has 1 unspecified atom stereocenters. The van der Waals surface area contributed by atoms with Crippen molar-refractivity contribution in [3.05, 3.63) is 0 Å². The predicted molar refractivity (Wildman–Crippen MR) is 187 cm³/mol. The fourth-order valence-electron chi connectivity index (χ4n) is 4.88. The van der Waals surface area contributed by atoms with Crippen molar-refractivity contribution in [3.8, 4) is 0 Å². The standard InChI is InChI=1S/C30H48O7S6/c31-24(20-21-26(33)29-38-40-30(41-39-29)42-43-30)17-14-11-12-16-23(28(36)37)22-25(32)18-13-9-7-5-3-1-2-4-6-8-10-15-19-27(34)35/h23,29H,1-22H2,(H,34,35)(H,36,37). The predicted octanol–water partition coefficient (Wildman–Crippen LogP) is 10.2. The van der Waals surface area contributed by atoms with Crippen LogP contribution in [0.5, 0.6) is 0 Å². The van der Waals surface area contributed by atoms with Crippen LogP contribution in [0.4, 0.5) is 0 Å². The molecule has 2 N–H and O–H groups in total. The second-order valence-electron chi connectivity index (χ2n) is 11.4. The molecule has 2 aliphatic heterocycles. The van der Waals surface area contributed by atoms with Crippen molar-refractivity contribution < 1.29 is 34.2 Å². The zero-order chi connectivity index (χ0) is 31.3. The van der Waals surface area contributed by atoms with Gasteiger partial charge in [0.05, 0.1) is 5.92 Å². The van der Waals surface area contributed by atoms with Crippen LogP contribution in [0.2, 0.25) is 0 Å². The molecule has 2 saturated heterocycles. The Kier molecular flexibility index (Phi) is 21.3. The molecule has 2 aliphatic rings. The van der Waals surface area contributed by atoms with Gasteiger partial charge in [-0.1, -0.05) is 98.6 Å². The summed E-state index contributed by atoms with van der Waals surface area (Å²) in [5.41, 5.74) is 0. The van der Waals surface area contributed by atoms with Crippen LogP contribution in [-0.2, 0) is 24.0 Å². The van der Waals surface area contributed by atoms with E-state index in [4.69, 9.17) is 5.11 Å². The van der Waals surface area contributed by atoms with E-state index in [0.29, 0.717) is 38.5 Å². The SMILES string of the molecule is O=C(O)CCCCCCCCCCCCCCC(=O)CC(CCCCCC(=O)CCC(=O)C1SSC2(SS1)SS2)C(=O)O. The van der Waals surface area contributed by atoms with Crippen LogP contribution in [0.3, 0.4) is 0 Å². The Bertz CT molecular complexity index is 873. The lowest BCUT2D eigenvalue weighted by molar-refractivity contribution is -0.144. The molecule has 0 aromatic rings. The average molecular weight is 713 g/mol. The second-order valence-corrected chi connectivity index (χ2v) is 20.8. The van der Waals surface area contributed by atoms with Crippen LogP contribution in [0.1, 0.15) is 141 Å². The Labute approximate surface area is 281 Å². The van der Waals surface area contributed by atoms with E-state index in [1.807, 2.05) is 21.6 Å². The van der Waals surface area contributed by atoms with Gasteiger partial charge >= 0.3 is 11.9 Å². The summed E-state index contributed by atoms with van der Waals surface area (Å²) in [6.45, 7) is 0. The second kappa shape index (κ2) is 23.4. The molecule has 2 heterocycles. The van der Waals surface area contributed by atoms with E-state index in [1.54, 1.807) is 43.2 Å². The van der Waals surface area contributed by atoms with Crippen molar-refractivity contribution in [2.24, 2.45) is 5.92 Å². The van der Waals surface area contributed by atoms with E-state index in [0.717, 1.165) is 44.9 Å². The number of rotatable bonds is 28. The Morgan fingerprint density at radius 1 is 0.535 bits per heavy atom. The van der Waals surface area contributed by atoms with Crippen LogP contribution in [0, 0.1) is 5.92 Å². The highest BCUT2D eigenvalue weighted by molar-refractivity contribution is 9.14. The average Bonchev–Trinajstić information content (AvgIpc) is 3.73. The molecule has 2 fully saturated rings. The van der Waals surface area contributed by atoms with Gasteiger partial charge in [-0.25, -0.2) is 0 Å². The summed E-state index contributed by atoms with van der Waals surface area (Å²) in [6, 6.07) is 0. The number of hydrogen-bond donors (Lipinski definition) is 2. The first-order valence-electron chi connectivity index (χ1n) is 15.8. The van der Waals surface area contributed by atoms with Gasteiger partial charge < -0.3 is 10.2 Å². The number of hydrogen-bond acceptors (Lipinski definition) is 11. The third kappa shape index (κ3) is 19.3. The number of carbonyl (C=O) groups excluding carboxylic acids is 3. The zero-order valence-corrected chi connectivity index (χ0v) is 30.0. The summed E-state index contributed by atoms with van der Waals surface area (Å²) < 4.78 is 0.0674. The fraction of sp³-hybridized carbons (Fsp3) is 0.833. The number of unbranched alkanes of at least 4 members (excludes halogenated alkanes) is 13. The lowest BCUT2D eigenvalue weighted by Crippen LogP contribution is -2.18. The Hall–Kier alpha value is 0.0500. The number of carboxylic acid groups (broad SMARTS) is 2. The monoisotopic (exact) mass is 712 g/mol. The first-order valence-corrected chi connectivity index (χ1v) is 22.3. The van der Waals surface area contributed by atoms with Gasteiger partial charge in [0.25, 0.3) is 0 Å². The Morgan fingerprint density at radius 2 is 1.00 bits per heavy atom. The van der Waals surface area contributed by atoms with Gasteiger partial charge in [-0.15, -0.1) is 0 Å². The minimum Gasteiger partial charge on any atom is -0.481 e. The fourth-order valence-corrected chi connectivity index (χ4v) is 18.2. The molecule has 0 aliphatic carbocycles. The Balaban J connectivity index is 1.39. The molecule has 1 spiro atoms. The van der Waals surface area contributed by atoms with E-state index in [-0.39, 0.29) is 43.9 Å². The first-order chi connectivity index (χ1) is 20.7. The number of ketones is 3. The van der Waals surface area contributed by atoms with Crippen LogP contribution >= 0.6 is 64.8 Å². The van der Waals surface area contributed by atoms with Crippen molar-refractivity contribution in [2.75, 3.05) is 0 Å². The summed E-state index contributed by atoms with van der Waals surface area (Å²) in [4.78, 5) is 59.2. The molecule has 7 nitrogen and oxygen atoms in total. The molecule has 43 heavy (non-hydrogen) atoms. The van der Waals surface area contributed by atoms with Gasteiger partial charge in [0, 0.05) is 38.5 Å². The van der Waals surface area contributed by atoms with Gasteiger partial charge in [-0.3, -0.25) is 24.0 Å². The summed E-state index contributed by atoms with van der Waals surface area (Å²) in [6.07, 6.45) is 17.4. The van der Waals surface area contributed by atoms with Crippen molar-refractivity contribution >= 4 is 94.1 Å². The third-order valence-electron chi connectivity index (χ3n) is 7.54. The molecule has 0 aromatic carbocycles. The molecule has 0 radical (unpaired) electrons. The first kappa shape index (κ1) is 39.2. The molecule has 246 valence electrons. The van der Waals surface area contributed by atoms with Crippen molar-refractivity contribution in [1.29, 1.82) is 0 Å². The third-order valence-corrected chi connectivity index (χ3v) is 21.2. The van der Waals surface area contributed by atoms with Gasteiger partial charge in [-0.05, 0) is 68.9 Å². The summed E-state index contributed by atoms with van der Waals surface area (Å²) in [5, 5.41) is 18.2. The number of carboxylic acids is 2. The van der Waals surface area contributed by atoms with Crippen molar-refractivity contribution in [2.45, 2.75) is 149 Å². The topological polar surface area (TPSA) is 126 Å². The smallest absolute Gasteiger partial charge is 0.306 e. The molecule has 2 rings (SSSR count). The lowest BCUT2D eigenvalue weighted by atomic mass is 9.93. The molecular formula is C30H48O7S6. The lowest BCUT2D eigenvalue weighted by Gasteiger charge is -2.22. The van der Waals surface area contributed by atoms with E-state index in [2.05, 4.69) is 0 Å². The van der Waals surface area contributed by atoms with E-state index in [9.17, 15) is 29.1 Å². The quantitative estimate of drug-likeness (QED) is 0.0454. The van der Waals surface area contributed by atoms with E-state index < -0.39 is 17.9 Å². The van der Waals surface area contributed by atoms with Crippen molar-refractivity contribution in [1.82, 2.24) is 0 Å². The Morgan fingerprint density at radius 3 is 1.49 bits per heavy atom. The summed E-state index contributed by atoms with van der Waals surface area (Å²) in [5.74, 6) is -2.01. The molecule has 13 heteroatoms. The van der Waals surface area contributed by atoms with Crippen LogP contribution in [0.15, 0.2) is 0 Å². The van der Waals surface area contributed by atoms with Gasteiger partial charge in [0.1, 0.15) is 16.1 Å². The molecule has 0 aromatic heterocycles. The van der Waals surface area contributed by atoms with Crippen LogP contribution in [-0.4, -0.2) is 46.8 Å². The summed E-state index contributed by atoms with van der Waals surface area (Å²) >= 11 is 0. The zero-order valence-electron chi connectivity index (χ0n) is 25.1.